The summed E-state index contributed by atoms with van der Waals surface area (Å²) in [7, 11) is 0. The van der Waals surface area contributed by atoms with Crippen LogP contribution in [-0.2, 0) is 4.79 Å². The number of fused-ring (bicyclic) bond motifs is 1. The number of nitrogens with zero attached hydrogens (tertiary/aromatic N) is 1. The van der Waals surface area contributed by atoms with Crippen LogP contribution in [0.5, 0.6) is 5.75 Å². The van der Waals surface area contributed by atoms with Gasteiger partial charge in [-0.1, -0.05) is 60.5 Å². The summed E-state index contributed by atoms with van der Waals surface area (Å²) >= 11 is 6.41. The Hall–Kier alpha value is -2.56. The molecule has 1 heterocycles. The molecule has 1 aliphatic heterocycles. The molecule has 30 heavy (non-hydrogen) atoms. The normalized spacial score (nSPS) is 18.3. The number of aliphatic carboxylic acids is 1. The lowest BCUT2D eigenvalue weighted by atomic mass is 9.88. The van der Waals surface area contributed by atoms with E-state index >= 15 is 0 Å². The van der Waals surface area contributed by atoms with Gasteiger partial charge in [0, 0.05) is 10.6 Å². The van der Waals surface area contributed by atoms with Crippen LogP contribution in [0.2, 0.25) is 5.02 Å². The van der Waals surface area contributed by atoms with Gasteiger partial charge in [-0.15, -0.1) is 0 Å². The third-order valence-corrected chi connectivity index (χ3v) is 6.08. The summed E-state index contributed by atoms with van der Waals surface area (Å²) in [6.07, 6.45) is 2.53. The summed E-state index contributed by atoms with van der Waals surface area (Å²) in [5, 5.41) is 12.8. The van der Waals surface area contributed by atoms with E-state index in [1.54, 1.807) is 0 Å². The first-order valence-electron chi connectivity index (χ1n) is 10.5. The molecule has 4 rings (SSSR count). The second-order valence-electron chi connectivity index (χ2n) is 7.67. The van der Waals surface area contributed by atoms with Gasteiger partial charge in [-0.05, 0) is 60.8 Å². The van der Waals surface area contributed by atoms with Gasteiger partial charge in [0.2, 0.25) is 0 Å². The van der Waals surface area contributed by atoms with E-state index in [9.17, 15) is 9.90 Å². The lowest BCUT2D eigenvalue weighted by Crippen LogP contribution is -2.47. The number of carboxylic acids is 1. The highest BCUT2D eigenvalue weighted by Gasteiger charge is 2.37. The molecular formula is C25H26ClNO3. The average molecular weight is 424 g/mol. The molecular weight excluding hydrogens is 398 g/mol. The number of hydrogen-bond donors (Lipinski definition) is 1. The molecule has 4 nitrogen and oxygen atoms in total. The van der Waals surface area contributed by atoms with Crippen molar-refractivity contribution in [2.24, 2.45) is 0 Å². The van der Waals surface area contributed by atoms with Gasteiger partial charge in [0.1, 0.15) is 11.8 Å². The van der Waals surface area contributed by atoms with Crippen LogP contribution >= 0.6 is 11.6 Å². The molecule has 1 aliphatic rings. The highest BCUT2D eigenvalue weighted by molar-refractivity contribution is 6.30. The van der Waals surface area contributed by atoms with Gasteiger partial charge in [0.05, 0.1) is 12.6 Å². The fourth-order valence-electron chi connectivity index (χ4n) is 4.56. The van der Waals surface area contributed by atoms with Gasteiger partial charge in [-0.3, -0.25) is 9.69 Å². The van der Waals surface area contributed by atoms with Crippen molar-refractivity contribution in [3.05, 3.63) is 76.8 Å². The molecule has 2 atom stereocenters. The molecule has 1 fully saturated rings. The second kappa shape index (κ2) is 9.07. The number of ether oxygens (including phenoxy) is 1. The Morgan fingerprint density at radius 3 is 2.73 bits per heavy atom. The van der Waals surface area contributed by atoms with Crippen LogP contribution in [0.4, 0.5) is 0 Å². The molecule has 5 heteroatoms. The Kier molecular flexibility index (Phi) is 6.26. The van der Waals surface area contributed by atoms with Crippen LogP contribution in [0, 0.1) is 0 Å². The summed E-state index contributed by atoms with van der Waals surface area (Å²) in [6.45, 7) is 3.19. The van der Waals surface area contributed by atoms with Crippen molar-refractivity contribution in [1.29, 1.82) is 0 Å². The number of halogens is 1. The third kappa shape index (κ3) is 4.03. The number of benzene rings is 3. The minimum absolute atomic E-state index is 0.266. The van der Waals surface area contributed by atoms with E-state index in [1.165, 1.54) is 0 Å². The Morgan fingerprint density at radius 2 is 1.93 bits per heavy atom. The first-order valence-corrected chi connectivity index (χ1v) is 10.9. The molecule has 156 valence electrons. The van der Waals surface area contributed by atoms with Gasteiger partial charge in [-0.2, -0.15) is 0 Å². The number of likely N-dealkylation sites (tertiary alicyclic amines) is 1. The van der Waals surface area contributed by atoms with Gasteiger partial charge in [0.25, 0.3) is 0 Å². The predicted molar refractivity (Wildman–Crippen MR) is 120 cm³/mol. The zero-order valence-corrected chi connectivity index (χ0v) is 17.8. The topological polar surface area (TPSA) is 49.8 Å². The maximum Gasteiger partial charge on any atom is 0.320 e. The summed E-state index contributed by atoms with van der Waals surface area (Å²) < 4.78 is 5.96. The largest absolute Gasteiger partial charge is 0.494 e. The Morgan fingerprint density at radius 1 is 1.13 bits per heavy atom. The minimum atomic E-state index is -0.778. The molecule has 1 N–H and O–H groups in total. The molecule has 0 radical (unpaired) electrons. The number of hydrogen-bond acceptors (Lipinski definition) is 3. The summed E-state index contributed by atoms with van der Waals surface area (Å²) in [4.78, 5) is 14.3. The van der Waals surface area contributed by atoms with Crippen LogP contribution in [0.3, 0.4) is 0 Å². The SMILES string of the molecule is CCOc1ccc(Cl)cc1C(c1cccc2ccccc12)N1CCCCC1C(=O)O. The highest BCUT2D eigenvalue weighted by Crippen LogP contribution is 2.42. The first-order chi connectivity index (χ1) is 14.6. The van der Waals surface area contributed by atoms with Crippen LogP contribution < -0.4 is 4.74 Å². The molecule has 0 aromatic heterocycles. The van der Waals surface area contributed by atoms with E-state index in [-0.39, 0.29) is 6.04 Å². The van der Waals surface area contributed by atoms with Crippen LogP contribution in [-0.4, -0.2) is 35.2 Å². The van der Waals surface area contributed by atoms with Crippen LogP contribution in [0.1, 0.15) is 43.4 Å². The van der Waals surface area contributed by atoms with Gasteiger partial charge >= 0.3 is 5.97 Å². The number of piperidine rings is 1. The van der Waals surface area contributed by atoms with Gasteiger partial charge in [0.15, 0.2) is 0 Å². The number of carboxylic acid groups (broad SMARTS) is 1. The first kappa shape index (κ1) is 20.7. The van der Waals surface area contributed by atoms with Crippen molar-refractivity contribution in [1.82, 2.24) is 4.90 Å². The maximum atomic E-state index is 12.2. The summed E-state index contributed by atoms with van der Waals surface area (Å²) in [5.41, 5.74) is 1.98. The van der Waals surface area contributed by atoms with Crippen molar-refractivity contribution in [2.45, 2.75) is 38.3 Å². The maximum absolute atomic E-state index is 12.2. The molecule has 0 saturated carbocycles. The molecule has 0 amide bonds. The molecule has 0 bridgehead atoms. The smallest absolute Gasteiger partial charge is 0.320 e. The Bertz CT molecular complexity index is 1050. The summed E-state index contributed by atoms with van der Waals surface area (Å²) in [5.74, 6) is -0.0329. The van der Waals surface area contributed by atoms with Crippen LogP contribution in [0.15, 0.2) is 60.7 Å². The number of carbonyl (C=O) groups is 1. The zero-order chi connectivity index (χ0) is 21.1. The van der Waals surface area contributed by atoms with E-state index < -0.39 is 12.0 Å². The standard InChI is InChI=1S/C25H26ClNO3/c1-2-30-23-14-13-18(26)16-21(23)24(27-15-6-5-12-22(27)25(28)29)20-11-7-9-17-8-3-4-10-19(17)20/h3-4,7-11,13-14,16,22,24H,2,5-6,12,15H2,1H3,(H,28,29). The molecule has 1 saturated heterocycles. The summed E-state index contributed by atoms with van der Waals surface area (Å²) in [6, 6.07) is 19.3. The number of rotatable bonds is 6. The molecule has 0 spiro atoms. The average Bonchev–Trinajstić information content (AvgIpc) is 2.76. The molecule has 2 unspecified atom stereocenters. The van der Waals surface area contributed by atoms with Crippen molar-refractivity contribution in [3.8, 4) is 5.75 Å². The second-order valence-corrected chi connectivity index (χ2v) is 8.11. The van der Waals surface area contributed by atoms with Crippen molar-refractivity contribution >= 4 is 28.3 Å². The van der Waals surface area contributed by atoms with E-state index in [2.05, 4.69) is 29.2 Å². The Labute approximate surface area is 182 Å². The fourth-order valence-corrected chi connectivity index (χ4v) is 4.74. The quantitative estimate of drug-likeness (QED) is 0.534. The van der Waals surface area contributed by atoms with E-state index in [1.807, 2.05) is 43.3 Å². The van der Waals surface area contributed by atoms with E-state index in [4.69, 9.17) is 16.3 Å². The highest BCUT2D eigenvalue weighted by atomic mass is 35.5. The monoisotopic (exact) mass is 423 g/mol. The van der Waals surface area contributed by atoms with E-state index in [0.717, 1.165) is 40.5 Å². The molecule has 3 aromatic carbocycles. The molecule has 0 aliphatic carbocycles. The lowest BCUT2D eigenvalue weighted by molar-refractivity contribution is -0.145. The Balaban J connectivity index is 1.96. The zero-order valence-electron chi connectivity index (χ0n) is 17.1. The predicted octanol–water partition coefficient (Wildman–Crippen LogP) is 5.92. The van der Waals surface area contributed by atoms with Gasteiger partial charge in [-0.25, -0.2) is 0 Å². The van der Waals surface area contributed by atoms with Crippen molar-refractivity contribution in [3.63, 3.8) is 0 Å². The lowest BCUT2D eigenvalue weighted by Gasteiger charge is -2.40. The van der Waals surface area contributed by atoms with Gasteiger partial charge < -0.3 is 9.84 Å². The fraction of sp³-hybridized carbons (Fsp3) is 0.320. The van der Waals surface area contributed by atoms with Crippen molar-refractivity contribution < 1.29 is 14.6 Å². The minimum Gasteiger partial charge on any atom is -0.494 e. The van der Waals surface area contributed by atoms with E-state index in [0.29, 0.717) is 24.6 Å². The van der Waals surface area contributed by atoms with Crippen LogP contribution in [0.25, 0.3) is 10.8 Å². The third-order valence-electron chi connectivity index (χ3n) is 5.85. The molecule has 3 aromatic rings. The van der Waals surface area contributed by atoms with Crippen molar-refractivity contribution in [2.75, 3.05) is 13.2 Å².